The van der Waals surface area contributed by atoms with Gasteiger partial charge < -0.3 is 4.74 Å². The molecule has 0 aromatic heterocycles. The van der Waals surface area contributed by atoms with Crippen molar-refractivity contribution >= 4 is 23.7 Å². The first-order valence-electron chi connectivity index (χ1n) is 9.88. The third kappa shape index (κ3) is 3.79. The van der Waals surface area contributed by atoms with E-state index < -0.39 is 0 Å². The van der Waals surface area contributed by atoms with Crippen LogP contribution in [0.3, 0.4) is 0 Å². The summed E-state index contributed by atoms with van der Waals surface area (Å²) in [5.74, 6) is 1.38. The Morgan fingerprint density at radius 1 is 1.25 bits per heavy atom. The van der Waals surface area contributed by atoms with Gasteiger partial charge in [-0.15, -0.1) is 0 Å². The van der Waals surface area contributed by atoms with Crippen molar-refractivity contribution in [3.05, 3.63) is 64.7 Å². The van der Waals surface area contributed by atoms with E-state index in [4.69, 9.17) is 16.3 Å². The Morgan fingerprint density at radius 2 is 2.04 bits per heavy atom. The van der Waals surface area contributed by atoms with E-state index in [1.807, 2.05) is 48.5 Å². The van der Waals surface area contributed by atoms with Gasteiger partial charge in [0.1, 0.15) is 12.4 Å². The normalized spacial score (nSPS) is 25.9. The average molecular weight is 397 g/mol. The molecule has 0 unspecified atom stereocenters. The predicted molar refractivity (Wildman–Crippen MR) is 112 cm³/mol. The Bertz CT molecular complexity index is 898. The van der Waals surface area contributed by atoms with E-state index in [9.17, 15) is 4.79 Å². The third-order valence-electron chi connectivity index (χ3n) is 6.25. The lowest BCUT2D eigenvalue weighted by Crippen LogP contribution is -2.22. The van der Waals surface area contributed by atoms with Crippen LogP contribution >= 0.6 is 11.6 Å². The maximum absolute atomic E-state index is 12.5. The Kier molecular flexibility index (Phi) is 5.40. The Hall–Kier alpha value is -2.33. The number of carbonyl (C=O) groups is 1. The number of hydrazone groups is 1. The van der Waals surface area contributed by atoms with Crippen LogP contribution in [0.2, 0.25) is 5.02 Å². The number of nitrogens with zero attached hydrogens (tertiary/aromatic N) is 1. The molecule has 2 saturated carbocycles. The van der Waals surface area contributed by atoms with Crippen LogP contribution in [-0.4, -0.2) is 12.1 Å². The van der Waals surface area contributed by atoms with Gasteiger partial charge in [-0.1, -0.05) is 61.7 Å². The van der Waals surface area contributed by atoms with Gasteiger partial charge in [-0.2, -0.15) is 5.10 Å². The van der Waals surface area contributed by atoms with Gasteiger partial charge in [0.25, 0.3) is 0 Å². The number of para-hydroxylation sites is 1. The SMILES string of the molecule is C[C@]12CCCC[C@@H]1[C@@H]2C(=O)N/N=C\c1ccccc1OCc1ccccc1Cl. The molecule has 3 atom stereocenters. The summed E-state index contributed by atoms with van der Waals surface area (Å²) in [6, 6.07) is 15.2. The minimum atomic E-state index is 0.0418. The molecular weight excluding hydrogens is 372 g/mol. The van der Waals surface area contributed by atoms with Gasteiger partial charge >= 0.3 is 0 Å². The molecule has 0 bridgehead atoms. The zero-order valence-electron chi connectivity index (χ0n) is 16.0. The molecule has 2 fully saturated rings. The first kappa shape index (κ1) is 19.0. The number of carbonyl (C=O) groups excluding carboxylic acids is 1. The Labute approximate surface area is 170 Å². The van der Waals surface area contributed by atoms with Crippen LogP contribution in [-0.2, 0) is 11.4 Å². The van der Waals surface area contributed by atoms with Crippen LogP contribution < -0.4 is 10.2 Å². The molecule has 146 valence electrons. The smallest absolute Gasteiger partial charge is 0.244 e. The molecular formula is C23H25ClN2O2. The highest BCUT2D eigenvalue weighted by Crippen LogP contribution is 2.66. The zero-order chi connectivity index (χ0) is 19.6. The van der Waals surface area contributed by atoms with Crippen molar-refractivity contribution in [2.45, 2.75) is 39.2 Å². The van der Waals surface area contributed by atoms with Gasteiger partial charge in [-0.3, -0.25) is 4.79 Å². The predicted octanol–water partition coefficient (Wildman–Crippen LogP) is 5.20. The summed E-state index contributed by atoms with van der Waals surface area (Å²) in [5, 5.41) is 4.88. The van der Waals surface area contributed by atoms with Crippen LogP contribution in [0.25, 0.3) is 0 Å². The van der Waals surface area contributed by atoms with Gasteiger partial charge in [0.05, 0.1) is 6.21 Å². The molecule has 28 heavy (non-hydrogen) atoms. The highest BCUT2D eigenvalue weighted by molar-refractivity contribution is 6.31. The highest BCUT2D eigenvalue weighted by atomic mass is 35.5. The number of hydrogen-bond donors (Lipinski definition) is 1. The van der Waals surface area contributed by atoms with Crippen molar-refractivity contribution < 1.29 is 9.53 Å². The van der Waals surface area contributed by atoms with E-state index in [2.05, 4.69) is 17.5 Å². The van der Waals surface area contributed by atoms with Gasteiger partial charge in [-0.25, -0.2) is 5.43 Å². The summed E-state index contributed by atoms with van der Waals surface area (Å²) >= 11 is 6.19. The fourth-order valence-electron chi connectivity index (χ4n) is 4.58. The summed E-state index contributed by atoms with van der Waals surface area (Å²) in [6.45, 7) is 2.61. The average Bonchev–Trinajstić information content (AvgIpc) is 3.34. The fourth-order valence-corrected chi connectivity index (χ4v) is 4.77. The number of hydrogen-bond acceptors (Lipinski definition) is 3. The molecule has 0 heterocycles. The van der Waals surface area contributed by atoms with Gasteiger partial charge in [0, 0.05) is 22.1 Å². The maximum atomic E-state index is 12.5. The standard InChI is InChI=1S/C23H25ClN2O2/c1-23-13-7-6-10-18(23)21(23)22(27)26-25-14-16-8-3-5-12-20(16)28-15-17-9-2-4-11-19(17)24/h2-5,8-9,11-12,14,18,21H,6-7,10,13,15H2,1H3,(H,26,27)/b25-14-/t18-,21-,23+/m1/s1. The Balaban J connectivity index is 1.37. The van der Waals surface area contributed by atoms with Crippen molar-refractivity contribution in [3.8, 4) is 5.75 Å². The second-order valence-electron chi connectivity index (χ2n) is 7.99. The molecule has 2 aromatic rings. The molecule has 0 spiro atoms. The first-order valence-corrected chi connectivity index (χ1v) is 10.3. The van der Waals surface area contributed by atoms with E-state index >= 15 is 0 Å². The van der Waals surface area contributed by atoms with Crippen LogP contribution in [0.4, 0.5) is 0 Å². The molecule has 0 saturated heterocycles. The number of benzene rings is 2. The van der Waals surface area contributed by atoms with Crippen LogP contribution in [0.1, 0.15) is 43.7 Å². The van der Waals surface area contributed by atoms with Crippen molar-refractivity contribution in [1.82, 2.24) is 5.43 Å². The first-order chi connectivity index (χ1) is 13.6. The fraction of sp³-hybridized carbons (Fsp3) is 0.391. The van der Waals surface area contributed by atoms with E-state index in [1.165, 1.54) is 12.8 Å². The minimum absolute atomic E-state index is 0.0418. The number of nitrogens with one attached hydrogen (secondary N) is 1. The Morgan fingerprint density at radius 3 is 2.82 bits per heavy atom. The molecule has 2 aliphatic carbocycles. The lowest BCUT2D eigenvalue weighted by molar-refractivity contribution is -0.123. The summed E-state index contributed by atoms with van der Waals surface area (Å²) < 4.78 is 5.93. The lowest BCUT2D eigenvalue weighted by Gasteiger charge is -2.15. The number of amides is 1. The summed E-state index contributed by atoms with van der Waals surface area (Å²) in [5.41, 5.74) is 4.67. The highest BCUT2D eigenvalue weighted by Gasteiger charge is 2.64. The molecule has 1 amide bonds. The van der Waals surface area contributed by atoms with Crippen LogP contribution in [0.15, 0.2) is 53.6 Å². The summed E-state index contributed by atoms with van der Waals surface area (Å²) in [4.78, 5) is 12.5. The van der Waals surface area contributed by atoms with Crippen molar-refractivity contribution in [2.24, 2.45) is 22.4 Å². The monoisotopic (exact) mass is 396 g/mol. The molecule has 0 radical (unpaired) electrons. The van der Waals surface area contributed by atoms with Crippen molar-refractivity contribution in [1.29, 1.82) is 0 Å². The number of fused-ring (bicyclic) bond motifs is 1. The van der Waals surface area contributed by atoms with Crippen LogP contribution in [0, 0.1) is 17.3 Å². The second-order valence-corrected chi connectivity index (χ2v) is 8.40. The lowest BCUT2D eigenvalue weighted by atomic mass is 9.90. The molecule has 2 aliphatic rings. The molecule has 0 aliphatic heterocycles. The number of rotatable bonds is 6. The van der Waals surface area contributed by atoms with Gasteiger partial charge in [-0.05, 0) is 42.4 Å². The van der Waals surface area contributed by atoms with E-state index in [0.29, 0.717) is 23.3 Å². The molecule has 5 heteroatoms. The molecule has 1 N–H and O–H groups in total. The van der Waals surface area contributed by atoms with Gasteiger partial charge in [0.15, 0.2) is 0 Å². The molecule has 4 nitrogen and oxygen atoms in total. The number of halogens is 1. The zero-order valence-corrected chi connectivity index (χ0v) is 16.8. The molecule has 4 rings (SSSR count). The topological polar surface area (TPSA) is 50.7 Å². The number of ether oxygens (including phenoxy) is 1. The summed E-state index contributed by atoms with van der Waals surface area (Å²) in [7, 11) is 0. The van der Waals surface area contributed by atoms with E-state index in [1.54, 1.807) is 6.21 Å². The minimum Gasteiger partial charge on any atom is -0.488 e. The second kappa shape index (κ2) is 7.96. The van der Waals surface area contributed by atoms with Gasteiger partial charge in [0.2, 0.25) is 5.91 Å². The third-order valence-corrected chi connectivity index (χ3v) is 6.62. The maximum Gasteiger partial charge on any atom is 0.244 e. The quantitative estimate of drug-likeness (QED) is 0.539. The van der Waals surface area contributed by atoms with Crippen molar-refractivity contribution in [2.75, 3.05) is 0 Å². The summed E-state index contributed by atoms with van der Waals surface area (Å²) in [6.07, 6.45) is 6.43. The largest absolute Gasteiger partial charge is 0.488 e. The van der Waals surface area contributed by atoms with Crippen LogP contribution in [0.5, 0.6) is 5.75 Å². The van der Waals surface area contributed by atoms with Crippen molar-refractivity contribution in [3.63, 3.8) is 0 Å². The molecule has 2 aromatic carbocycles. The van der Waals surface area contributed by atoms with E-state index in [-0.39, 0.29) is 17.2 Å². The van der Waals surface area contributed by atoms with E-state index in [0.717, 1.165) is 24.0 Å².